The van der Waals surface area contributed by atoms with Gasteiger partial charge >= 0.3 is 0 Å². The number of fused-ring (bicyclic) bond motifs is 10. The topological polar surface area (TPSA) is 22.4 Å². The van der Waals surface area contributed by atoms with E-state index in [0.717, 1.165) is 49.8 Å². The number of hydrogen-bond donors (Lipinski definition) is 0. The first kappa shape index (κ1) is 24.1. The van der Waals surface area contributed by atoms with Crippen LogP contribution in [0.4, 0.5) is 5.69 Å². The fourth-order valence-electron chi connectivity index (χ4n) is 7.39. The molecule has 0 amide bonds. The minimum absolute atomic E-state index is 0.0817. The number of rotatable bonds is 2. The molecule has 0 saturated heterocycles. The van der Waals surface area contributed by atoms with Gasteiger partial charge in [-0.25, -0.2) is 4.85 Å². The zero-order valence-corrected chi connectivity index (χ0v) is 23.8. The van der Waals surface area contributed by atoms with Gasteiger partial charge in [-0.05, 0) is 64.2 Å². The first-order valence-electron chi connectivity index (χ1n) is 14.6. The number of para-hydroxylation sites is 2. The van der Waals surface area contributed by atoms with E-state index in [-0.39, 0.29) is 5.41 Å². The summed E-state index contributed by atoms with van der Waals surface area (Å²) in [5, 5.41) is 4.63. The SMILES string of the molecule is [C-]#[N+]c1ccc(-n2c3ccccc3c3ccccc32)c(-c2ccc3oc4c5c(ccc4c3c2)C(C)(C)c2ccccc2-5)c1. The quantitative estimate of drug-likeness (QED) is 0.196. The van der Waals surface area contributed by atoms with Crippen LogP contribution in [0.15, 0.2) is 126 Å². The Bertz CT molecular complexity index is 2450. The summed E-state index contributed by atoms with van der Waals surface area (Å²) in [7, 11) is 0. The van der Waals surface area contributed by atoms with Crippen molar-refractivity contribution in [2.24, 2.45) is 0 Å². The maximum Gasteiger partial charge on any atom is 0.188 e. The van der Waals surface area contributed by atoms with Crippen LogP contribution >= 0.6 is 0 Å². The number of furan rings is 1. The molecule has 1 aliphatic carbocycles. The van der Waals surface area contributed by atoms with Gasteiger partial charge in [-0.15, -0.1) is 0 Å². The number of nitrogens with zero attached hydrogens (tertiary/aromatic N) is 2. The Labute approximate surface area is 249 Å². The highest BCUT2D eigenvalue weighted by Crippen LogP contribution is 2.52. The number of benzene rings is 6. The van der Waals surface area contributed by atoms with E-state index in [9.17, 15) is 0 Å². The molecule has 3 heteroatoms. The lowest BCUT2D eigenvalue weighted by atomic mass is 9.82. The molecule has 9 rings (SSSR count). The van der Waals surface area contributed by atoms with Gasteiger partial charge in [0.15, 0.2) is 5.69 Å². The predicted molar refractivity (Wildman–Crippen MR) is 177 cm³/mol. The molecule has 2 aromatic heterocycles. The third-order valence-corrected chi connectivity index (χ3v) is 9.42. The van der Waals surface area contributed by atoms with E-state index in [1.807, 2.05) is 12.1 Å². The molecule has 202 valence electrons. The smallest absolute Gasteiger partial charge is 0.188 e. The summed E-state index contributed by atoms with van der Waals surface area (Å²) in [5.74, 6) is 0. The van der Waals surface area contributed by atoms with Crippen LogP contribution in [0.25, 0.3) is 76.5 Å². The summed E-state index contributed by atoms with van der Waals surface area (Å²) < 4.78 is 8.98. The summed E-state index contributed by atoms with van der Waals surface area (Å²) in [4.78, 5) is 3.80. The monoisotopic (exact) mass is 550 g/mol. The summed E-state index contributed by atoms with van der Waals surface area (Å²) >= 11 is 0. The standard InChI is InChI=1S/C40H26N2O/c1-40(2)32-13-7-4-12-29(32)38-33(40)19-18-28-31-22-24(16-21-37(31)43-39(28)38)30-23-25(41-3)17-20-36(30)42-34-14-8-5-10-26(34)27-11-6-9-15-35(27)42/h4-23H,1-2H3. The molecule has 0 saturated carbocycles. The van der Waals surface area contributed by atoms with Gasteiger partial charge in [-0.3, -0.25) is 0 Å². The average Bonchev–Trinajstić information content (AvgIpc) is 3.66. The Morgan fingerprint density at radius 2 is 1.35 bits per heavy atom. The first-order valence-corrected chi connectivity index (χ1v) is 14.6. The van der Waals surface area contributed by atoms with Crippen LogP contribution < -0.4 is 0 Å². The normalized spacial score (nSPS) is 13.5. The molecule has 1 aliphatic rings. The third-order valence-electron chi connectivity index (χ3n) is 9.42. The molecular weight excluding hydrogens is 524 g/mol. The van der Waals surface area contributed by atoms with Crippen LogP contribution in [0.2, 0.25) is 0 Å². The Kier molecular flexibility index (Phi) is 4.74. The van der Waals surface area contributed by atoms with Gasteiger partial charge in [0, 0.05) is 32.5 Å². The summed E-state index contributed by atoms with van der Waals surface area (Å²) in [6.07, 6.45) is 0. The van der Waals surface area contributed by atoms with Crippen LogP contribution in [0.1, 0.15) is 25.0 Å². The average molecular weight is 551 g/mol. The lowest BCUT2D eigenvalue weighted by molar-refractivity contribution is 0.653. The molecular formula is C40H26N2O. The van der Waals surface area contributed by atoms with Crippen molar-refractivity contribution < 1.29 is 4.42 Å². The molecule has 3 nitrogen and oxygen atoms in total. The van der Waals surface area contributed by atoms with E-state index >= 15 is 0 Å². The van der Waals surface area contributed by atoms with E-state index in [1.165, 1.54) is 33.0 Å². The second-order valence-corrected chi connectivity index (χ2v) is 12.0. The predicted octanol–water partition coefficient (Wildman–Crippen LogP) is 11.2. The van der Waals surface area contributed by atoms with Gasteiger partial charge in [0.05, 0.1) is 23.3 Å². The van der Waals surface area contributed by atoms with Gasteiger partial charge in [0.25, 0.3) is 0 Å². The Morgan fingerprint density at radius 1 is 0.628 bits per heavy atom. The van der Waals surface area contributed by atoms with Crippen molar-refractivity contribution in [3.63, 3.8) is 0 Å². The van der Waals surface area contributed by atoms with Crippen LogP contribution in [-0.2, 0) is 5.41 Å². The van der Waals surface area contributed by atoms with E-state index in [1.54, 1.807) is 0 Å². The van der Waals surface area contributed by atoms with Gasteiger partial charge in [-0.1, -0.05) is 98.8 Å². The Morgan fingerprint density at radius 3 is 2.12 bits per heavy atom. The molecule has 0 atom stereocenters. The minimum Gasteiger partial charge on any atom is -0.455 e. The highest BCUT2D eigenvalue weighted by molar-refractivity contribution is 6.13. The number of hydrogen-bond acceptors (Lipinski definition) is 1. The first-order chi connectivity index (χ1) is 21.0. The van der Waals surface area contributed by atoms with Crippen molar-refractivity contribution in [1.82, 2.24) is 4.57 Å². The fourth-order valence-corrected chi connectivity index (χ4v) is 7.39. The second kappa shape index (κ2) is 8.47. The van der Waals surface area contributed by atoms with Crippen molar-refractivity contribution >= 4 is 49.4 Å². The van der Waals surface area contributed by atoms with Crippen molar-refractivity contribution in [1.29, 1.82) is 0 Å². The van der Waals surface area contributed by atoms with Crippen molar-refractivity contribution in [2.45, 2.75) is 19.3 Å². The van der Waals surface area contributed by atoms with Crippen LogP contribution in [0, 0.1) is 6.57 Å². The lowest BCUT2D eigenvalue weighted by Crippen LogP contribution is -2.14. The van der Waals surface area contributed by atoms with Gasteiger partial charge in [-0.2, -0.15) is 0 Å². The van der Waals surface area contributed by atoms with Crippen molar-refractivity contribution in [3.05, 3.63) is 144 Å². The minimum atomic E-state index is -0.0817. The maximum absolute atomic E-state index is 7.79. The van der Waals surface area contributed by atoms with Gasteiger partial charge in [0.2, 0.25) is 0 Å². The van der Waals surface area contributed by atoms with Crippen molar-refractivity contribution in [2.75, 3.05) is 0 Å². The fraction of sp³-hybridized carbons (Fsp3) is 0.0750. The Hall–Kier alpha value is -5.59. The summed E-state index contributed by atoms with van der Waals surface area (Å²) in [6, 6.07) is 42.8. The molecule has 0 unspecified atom stereocenters. The highest BCUT2D eigenvalue weighted by atomic mass is 16.3. The van der Waals surface area contributed by atoms with E-state index < -0.39 is 0 Å². The van der Waals surface area contributed by atoms with Crippen LogP contribution in [0.5, 0.6) is 0 Å². The summed E-state index contributed by atoms with van der Waals surface area (Å²) in [6.45, 7) is 12.4. The zero-order chi connectivity index (χ0) is 28.9. The van der Waals surface area contributed by atoms with E-state index in [0.29, 0.717) is 5.69 Å². The molecule has 0 fully saturated rings. The van der Waals surface area contributed by atoms with Gasteiger partial charge in [0.1, 0.15) is 11.2 Å². The van der Waals surface area contributed by atoms with Gasteiger partial charge < -0.3 is 8.98 Å². The molecule has 0 N–H and O–H groups in total. The molecule has 43 heavy (non-hydrogen) atoms. The molecule has 6 aromatic carbocycles. The lowest BCUT2D eigenvalue weighted by Gasteiger charge is -2.21. The maximum atomic E-state index is 7.79. The number of aromatic nitrogens is 1. The van der Waals surface area contributed by atoms with Crippen LogP contribution in [0.3, 0.4) is 0 Å². The zero-order valence-electron chi connectivity index (χ0n) is 23.8. The molecule has 8 aromatic rings. The second-order valence-electron chi connectivity index (χ2n) is 12.0. The molecule has 0 bridgehead atoms. The van der Waals surface area contributed by atoms with Crippen LogP contribution in [-0.4, -0.2) is 4.57 Å². The molecule has 0 spiro atoms. The summed E-state index contributed by atoms with van der Waals surface area (Å²) in [5.41, 5.74) is 12.9. The molecule has 0 aliphatic heterocycles. The van der Waals surface area contributed by atoms with E-state index in [2.05, 4.69) is 132 Å². The largest absolute Gasteiger partial charge is 0.455 e. The molecule has 2 heterocycles. The van der Waals surface area contributed by atoms with Crippen molar-refractivity contribution in [3.8, 4) is 27.9 Å². The molecule has 0 radical (unpaired) electrons. The Balaban J connectivity index is 1.32. The highest BCUT2D eigenvalue weighted by Gasteiger charge is 2.37. The third kappa shape index (κ3) is 3.18. The van der Waals surface area contributed by atoms with E-state index in [4.69, 9.17) is 11.0 Å².